The second kappa shape index (κ2) is 28.3. The molecule has 1 heterocycles. The largest absolute Gasteiger partial charge is 0.379 e. The molecule has 0 aromatic rings. The van der Waals surface area contributed by atoms with Crippen LogP contribution in [-0.4, -0.2) is 54.6 Å². The topological polar surface area (TPSA) is 131 Å². The van der Waals surface area contributed by atoms with E-state index in [2.05, 4.69) is 29.0 Å². The maximum absolute atomic E-state index is 12.1. The van der Waals surface area contributed by atoms with Gasteiger partial charge in [0.15, 0.2) is 0 Å². The van der Waals surface area contributed by atoms with Crippen LogP contribution in [0.15, 0.2) is 41.6 Å². The van der Waals surface area contributed by atoms with Crippen molar-refractivity contribution in [3.63, 3.8) is 0 Å². The molecule has 0 saturated carbocycles. The highest BCUT2D eigenvalue weighted by atomic mass is 16.2. The van der Waals surface area contributed by atoms with Crippen LogP contribution in [0.3, 0.4) is 0 Å². The Kier molecular flexibility index (Phi) is 31.5. The molecule has 39 heavy (non-hydrogen) atoms. The first kappa shape index (κ1) is 43.4. The Morgan fingerprint density at radius 3 is 2.05 bits per heavy atom. The van der Waals surface area contributed by atoms with Gasteiger partial charge in [-0.25, -0.2) is 0 Å². The summed E-state index contributed by atoms with van der Waals surface area (Å²) < 4.78 is 0. The summed E-state index contributed by atoms with van der Waals surface area (Å²) in [5.74, 6) is 0.401. The summed E-state index contributed by atoms with van der Waals surface area (Å²) in [5.41, 5.74) is 16.0. The zero-order valence-corrected chi connectivity index (χ0v) is 25.6. The monoisotopic (exact) mass is 560 g/mol. The third-order valence-electron chi connectivity index (χ3n) is 5.41. The Balaban J connectivity index is -0.0000000837. The Morgan fingerprint density at radius 1 is 1.13 bits per heavy atom. The second-order valence-electron chi connectivity index (χ2n) is 8.93. The van der Waals surface area contributed by atoms with Gasteiger partial charge in [0.25, 0.3) is 0 Å². The number of carbonyl (C=O) groups excluding carboxylic acids is 3. The van der Waals surface area contributed by atoms with E-state index in [1.807, 2.05) is 59.4 Å². The number of allylic oxidation sites excluding steroid dienone is 4. The van der Waals surface area contributed by atoms with Crippen LogP contribution < -0.4 is 22.1 Å². The van der Waals surface area contributed by atoms with E-state index < -0.39 is 0 Å². The lowest BCUT2D eigenvalue weighted by Crippen LogP contribution is -2.34. The number of likely N-dealkylation sites (tertiary alicyclic amines) is 1. The van der Waals surface area contributed by atoms with Crippen molar-refractivity contribution >= 4 is 18.5 Å². The second-order valence-corrected chi connectivity index (χ2v) is 8.93. The van der Waals surface area contributed by atoms with Gasteiger partial charge in [0.05, 0.1) is 17.8 Å². The highest BCUT2D eigenvalue weighted by Gasteiger charge is 2.31. The van der Waals surface area contributed by atoms with Crippen LogP contribution in [0.1, 0.15) is 108 Å². The summed E-state index contributed by atoms with van der Waals surface area (Å²) in [6.45, 7) is 22.3. The number of nitrogens with one attached hydrogen (secondary N) is 2. The lowest BCUT2D eigenvalue weighted by Gasteiger charge is -2.18. The van der Waals surface area contributed by atoms with Crippen LogP contribution in [0, 0.1) is 5.92 Å². The number of rotatable bonds is 13. The summed E-state index contributed by atoms with van der Waals surface area (Å²) in [6.07, 6.45) is 10.8. The molecule has 0 bridgehead atoms. The zero-order valence-electron chi connectivity index (χ0n) is 25.6. The minimum absolute atomic E-state index is 0. The summed E-state index contributed by atoms with van der Waals surface area (Å²) in [5, 5.41) is 6.06. The van der Waals surface area contributed by atoms with Gasteiger partial charge in [-0.05, 0) is 66.8 Å². The minimum Gasteiger partial charge on any atom is -0.379 e. The van der Waals surface area contributed by atoms with Crippen LogP contribution in [-0.2, 0) is 14.4 Å². The van der Waals surface area contributed by atoms with Crippen LogP contribution in [0.5, 0.6) is 0 Å². The minimum atomic E-state index is -0.231. The van der Waals surface area contributed by atoms with E-state index in [0.717, 1.165) is 63.5 Å². The van der Waals surface area contributed by atoms with Crippen molar-refractivity contribution in [1.82, 2.24) is 15.5 Å². The molecule has 6 N–H and O–H groups in total. The van der Waals surface area contributed by atoms with E-state index in [0.29, 0.717) is 5.70 Å². The predicted molar refractivity (Wildman–Crippen MR) is 176 cm³/mol. The van der Waals surface area contributed by atoms with E-state index in [9.17, 15) is 14.4 Å². The molecular formula is C31H69N5O3. The third-order valence-corrected chi connectivity index (χ3v) is 5.41. The first-order chi connectivity index (χ1) is 18.1. The fraction of sp³-hybridized carbons (Fsp3) is 0.677. The van der Waals surface area contributed by atoms with Crippen LogP contribution in [0.25, 0.3) is 0 Å². The van der Waals surface area contributed by atoms with Crippen LogP contribution in [0.2, 0.25) is 0 Å². The fourth-order valence-corrected chi connectivity index (χ4v) is 3.46. The Morgan fingerprint density at radius 2 is 1.64 bits per heavy atom. The van der Waals surface area contributed by atoms with Crippen molar-refractivity contribution in [3.8, 4) is 0 Å². The molecule has 0 radical (unpaired) electrons. The van der Waals surface area contributed by atoms with Crippen LogP contribution in [0.4, 0.5) is 0 Å². The van der Waals surface area contributed by atoms with Crippen LogP contribution >= 0.6 is 0 Å². The zero-order chi connectivity index (χ0) is 30.1. The van der Waals surface area contributed by atoms with E-state index in [4.69, 9.17) is 11.5 Å². The molecule has 1 rings (SSSR count). The van der Waals surface area contributed by atoms with Gasteiger partial charge in [0, 0.05) is 35.6 Å². The number of nitrogens with two attached hydrogens (primary N) is 2. The number of unbranched alkanes of at least 4 members (excludes halogenated alkanes) is 2. The number of amides is 1. The van der Waals surface area contributed by atoms with Crippen molar-refractivity contribution in [2.45, 2.75) is 120 Å². The van der Waals surface area contributed by atoms with Crippen molar-refractivity contribution < 1.29 is 20.1 Å². The van der Waals surface area contributed by atoms with Crippen molar-refractivity contribution in [1.29, 1.82) is 0 Å². The number of nitrogens with zero attached hydrogens (tertiary/aromatic N) is 1. The summed E-state index contributed by atoms with van der Waals surface area (Å²) in [4.78, 5) is 34.9. The van der Waals surface area contributed by atoms with Crippen molar-refractivity contribution in [2.24, 2.45) is 17.4 Å². The van der Waals surface area contributed by atoms with E-state index in [1.165, 1.54) is 5.70 Å². The Bertz CT molecular complexity index is 775. The quantitative estimate of drug-likeness (QED) is 0.120. The van der Waals surface area contributed by atoms with E-state index in [1.54, 1.807) is 13.8 Å². The molecule has 0 aromatic carbocycles. The molecule has 1 aliphatic rings. The van der Waals surface area contributed by atoms with Gasteiger partial charge in [0.1, 0.15) is 12.6 Å². The van der Waals surface area contributed by atoms with Gasteiger partial charge in [-0.15, -0.1) is 5.73 Å². The molecule has 0 aliphatic carbocycles. The third kappa shape index (κ3) is 20.9. The SMILES string of the molecule is C.C/C=C(/CCCCCN1C(=O)C(C)C/C1=C/C)N[C@@H](C)C=O.C=C=C(N[C@@H](C)C=O)[C@H](C)N.CC.CCN.[HH].[HH].[HH].[HH]. The molecular weight excluding hydrogens is 490 g/mol. The van der Waals surface area contributed by atoms with Gasteiger partial charge < -0.3 is 36.6 Å². The van der Waals surface area contributed by atoms with Crippen molar-refractivity contribution in [2.75, 3.05) is 13.1 Å². The normalized spacial score (nSPS) is 17.3. The highest BCUT2D eigenvalue weighted by Crippen LogP contribution is 2.27. The smallest absolute Gasteiger partial charge is 0.229 e. The average Bonchev–Trinajstić information content (AvgIpc) is 3.19. The Hall–Kier alpha value is -2.67. The molecule has 1 fully saturated rings. The predicted octanol–water partition coefficient (Wildman–Crippen LogP) is 6.19. The van der Waals surface area contributed by atoms with Gasteiger partial charge in [0.2, 0.25) is 5.91 Å². The fourth-order valence-electron chi connectivity index (χ4n) is 3.46. The first-order valence-corrected chi connectivity index (χ1v) is 14.0. The molecule has 0 aromatic heterocycles. The van der Waals surface area contributed by atoms with E-state index in [-0.39, 0.29) is 43.1 Å². The number of hydrogen-bond acceptors (Lipinski definition) is 7. The summed E-state index contributed by atoms with van der Waals surface area (Å²) in [7, 11) is 0. The van der Waals surface area contributed by atoms with Gasteiger partial charge in [-0.3, -0.25) is 4.79 Å². The van der Waals surface area contributed by atoms with Gasteiger partial charge in [-0.2, -0.15) is 0 Å². The standard InChI is InChI=1S/C18H30N2O2.C8H14N2O.C2H7N.C2H6.CH4.4H2/c1-5-16(19-15(4)13-21)10-8-7-9-11-20-17(6-2)12-14(3)18(20)22;1-4-8(7(3)9)10-6(2)5-11;1-2-3;1-2;;;;;/h5-6,13-15,19H,7-12H2,1-4H3;5-7,10H,1,9H2,2-3H3;2-3H2,1H3;1-2H3;1H4;4*1H/b16-5-,17-6-;;;;;;;;/t14?,15-;6-,7-;;;;;;;/m00......./s1. The van der Waals surface area contributed by atoms with E-state index >= 15 is 0 Å². The maximum Gasteiger partial charge on any atom is 0.229 e. The maximum atomic E-state index is 12.1. The number of carbonyl (C=O) groups is 3. The summed E-state index contributed by atoms with van der Waals surface area (Å²) >= 11 is 0. The lowest BCUT2D eigenvalue weighted by atomic mass is 10.1. The molecule has 236 valence electrons. The molecule has 1 unspecified atom stereocenters. The molecule has 4 atom stereocenters. The summed E-state index contributed by atoms with van der Waals surface area (Å²) in [6, 6.07) is -0.521. The first-order valence-electron chi connectivity index (χ1n) is 14.0. The van der Waals surface area contributed by atoms with Crippen molar-refractivity contribution in [3.05, 3.63) is 41.6 Å². The average molecular weight is 560 g/mol. The number of aldehydes is 2. The van der Waals surface area contributed by atoms with Gasteiger partial charge in [-0.1, -0.05) is 60.3 Å². The van der Waals surface area contributed by atoms with Gasteiger partial charge >= 0.3 is 0 Å². The molecule has 8 heteroatoms. The molecule has 1 aliphatic heterocycles. The molecule has 0 spiro atoms. The number of hydrogen-bond donors (Lipinski definition) is 4. The molecule has 1 saturated heterocycles. The Labute approximate surface area is 246 Å². The molecule has 8 nitrogen and oxygen atoms in total. The highest BCUT2D eigenvalue weighted by molar-refractivity contribution is 5.83. The lowest BCUT2D eigenvalue weighted by molar-refractivity contribution is -0.129. The molecule has 1 amide bonds.